The number of nitrogens with one attached hydrogen (secondary N) is 2. The van der Waals surface area contributed by atoms with E-state index in [1.54, 1.807) is 31.3 Å². The van der Waals surface area contributed by atoms with Gasteiger partial charge >= 0.3 is 0 Å². The summed E-state index contributed by atoms with van der Waals surface area (Å²) in [6.45, 7) is 1.61. The second-order valence-corrected chi connectivity index (χ2v) is 7.58. The maximum Gasteiger partial charge on any atom is 0.273 e. The van der Waals surface area contributed by atoms with E-state index in [0.717, 1.165) is 22.2 Å². The fraction of sp³-hybridized carbons (Fsp3) is 0.0909. The molecule has 0 spiro atoms. The molecular formula is C11H9ClN4O2S2. The third-order valence-corrected chi connectivity index (χ3v) is 5.92. The average molecular weight is 329 g/mol. The minimum Gasteiger partial charge on any atom is -0.279 e. The van der Waals surface area contributed by atoms with Crippen LogP contribution in [0, 0.1) is 6.92 Å². The maximum atomic E-state index is 12.3. The molecule has 2 aromatic heterocycles. The summed E-state index contributed by atoms with van der Waals surface area (Å²) in [6.07, 6.45) is 1.63. The highest BCUT2D eigenvalue weighted by molar-refractivity contribution is 7.94. The molecule has 0 aliphatic rings. The Bertz CT molecular complexity index is 885. The van der Waals surface area contributed by atoms with Crippen LogP contribution >= 0.6 is 22.9 Å². The van der Waals surface area contributed by atoms with Crippen LogP contribution < -0.4 is 4.72 Å². The van der Waals surface area contributed by atoms with E-state index >= 15 is 0 Å². The number of aromatic nitrogens is 3. The van der Waals surface area contributed by atoms with E-state index in [0.29, 0.717) is 11.4 Å². The first-order chi connectivity index (χ1) is 9.45. The van der Waals surface area contributed by atoms with Crippen molar-refractivity contribution in [3.05, 3.63) is 34.6 Å². The van der Waals surface area contributed by atoms with E-state index in [4.69, 9.17) is 11.6 Å². The number of hydrogen-bond donors (Lipinski definition) is 2. The smallest absolute Gasteiger partial charge is 0.273 e. The average Bonchev–Trinajstić information content (AvgIpc) is 2.94. The SMILES string of the molecule is Cc1nc(Cl)sc1S(=O)(=O)Nc1ccc2[nH]ncc2c1. The molecule has 0 saturated heterocycles. The van der Waals surface area contributed by atoms with Crippen molar-refractivity contribution in [1.82, 2.24) is 15.2 Å². The van der Waals surface area contributed by atoms with Crippen LogP contribution in [-0.2, 0) is 10.0 Å². The van der Waals surface area contributed by atoms with Crippen molar-refractivity contribution in [2.75, 3.05) is 4.72 Å². The van der Waals surface area contributed by atoms with Crippen molar-refractivity contribution in [1.29, 1.82) is 0 Å². The van der Waals surface area contributed by atoms with E-state index in [9.17, 15) is 8.42 Å². The van der Waals surface area contributed by atoms with Crippen molar-refractivity contribution < 1.29 is 8.42 Å². The number of rotatable bonds is 3. The number of H-pyrrole nitrogens is 1. The number of anilines is 1. The summed E-state index contributed by atoms with van der Waals surface area (Å²) in [5.74, 6) is 0. The summed E-state index contributed by atoms with van der Waals surface area (Å²) in [7, 11) is -3.68. The molecule has 0 unspecified atom stereocenters. The summed E-state index contributed by atoms with van der Waals surface area (Å²) in [6, 6.07) is 5.12. The van der Waals surface area contributed by atoms with E-state index in [1.165, 1.54) is 0 Å². The zero-order chi connectivity index (χ0) is 14.3. The quantitative estimate of drug-likeness (QED) is 0.773. The second-order valence-electron chi connectivity index (χ2n) is 4.12. The lowest BCUT2D eigenvalue weighted by molar-refractivity contribution is 0.602. The van der Waals surface area contributed by atoms with E-state index < -0.39 is 10.0 Å². The van der Waals surface area contributed by atoms with Crippen molar-refractivity contribution in [3.63, 3.8) is 0 Å². The Kier molecular flexibility index (Phi) is 3.15. The van der Waals surface area contributed by atoms with Gasteiger partial charge in [-0.1, -0.05) is 22.9 Å². The Morgan fingerprint density at radius 2 is 2.20 bits per heavy atom. The zero-order valence-electron chi connectivity index (χ0n) is 10.2. The Morgan fingerprint density at radius 3 is 2.90 bits per heavy atom. The Balaban J connectivity index is 1.98. The van der Waals surface area contributed by atoms with Crippen LogP contribution in [0.5, 0.6) is 0 Å². The number of hydrogen-bond acceptors (Lipinski definition) is 5. The number of halogens is 1. The van der Waals surface area contributed by atoms with E-state index in [1.807, 2.05) is 0 Å². The van der Waals surface area contributed by atoms with Gasteiger partial charge in [0.25, 0.3) is 10.0 Å². The Morgan fingerprint density at radius 1 is 1.40 bits per heavy atom. The van der Waals surface area contributed by atoms with Crippen LogP contribution in [0.1, 0.15) is 5.69 Å². The fourth-order valence-corrected chi connectivity index (χ4v) is 4.60. The predicted octanol–water partition coefficient (Wildman–Crippen LogP) is 2.78. The molecule has 0 amide bonds. The molecule has 0 saturated carbocycles. The monoisotopic (exact) mass is 328 g/mol. The highest BCUT2D eigenvalue weighted by atomic mass is 35.5. The van der Waals surface area contributed by atoms with Gasteiger partial charge in [0.1, 0.15) is 0 Å². The third kappa shape index (κ3) is 2.37. The summed E-state index contributed by atoms with van der Waals surface area (Å²) < 4.78 is 27.4. The van der Waals surface area contributed by atoms with Gasteiger partial charge < -0.3 is 0 Å². The molecule has 2 N–H and O–H groups in total. The second kappa shape index (κ2) is 4.72. The topological polar surface area (TPSA) is 87.7 Å². The summed E-state index contributed by atoms with van der Waals surface area (Å²) in [5.41, 5.74) is 1.68. The van der Waals surface area contributed by atoms with Crippen molar-refractivity contribution in [2.24, 2.45) is 0 Å². The molecule has 20 heavy (non-hydrogen) atoms. The van der Waals surface area contributed by atoms with Crippen LogP contribution in [0.15, 0.2) is 28.6 Å². The zero-order valence-corrected chi connectivity index (χ0v) is 12.6. The standard InChI is InChI=1S/C11H9ClN4O2S2/c1-6-10(19-11(12)14-6)20(17,18)16-8-2-3-9-7(4-8)5-13-15-9/h2-5,16H,1H3,(H,13,15). The van der Waals surface area contributed by atoms with Crippen LogP contribution in [0.3, 0.4) is 0 Å². The minimum absolute atomic E-state index is 0.120. The molecule has 104 valence electrons. The fourth-order valence-electron chi connectivity index (χ4n) is 1.81. The van der Waals surface area contributed by atoms with Crippen molar-refractivity contribution in [3.8, 4) is 0 Å². The van der Waals surface area contributed by atoms with Gasteiger partial charge in [-0.25, -0.2) is 13.4 Å². The molecule has 0 fully saturated rings. The van der Waals surface area contributed by atoms with Crippen LogP contribution in [0.4, 0.5) is 5.69 Å². The number of aryl methyl sites for hydroxylation is 1. The van der Waals surface area contributed by atoms with Gasteiger partial charge in [-0.2, -0.15) is 5.10 Å². The molecule has 0 atom stereocenters. The van der Waals surface area contributed by atoms with Crippen molar-refractivity contribution >= 4 is 49.6 Å². The van der Waals surface area contributed by atoms with E-state index in [-0.39, 0.29) is 8.68 Å². The highest BCUT2D eigenvalue weighted by Crippen LogP contribution is 2.29. The van der Waals surface area contributed by atoms with Gasteiger partial charge in [0.2, 0.25) is 0 Å². The number of nitrogens with zero attached hydrogens (tertiary/aromatic N) is 2. The number of thiazole rings is 1. The highest BCUT2D eigenvalue weighted by Gasteiger charge is 2.21. The summed E-state index contributed by atoms with van der Waals surface area (Å²) in [4.78, 5) is 3.91. The van der Waals surface area contributed by atoms with Gasteiger partial charge in [0.05, 0.1) is 17.4 Å². The normalized spacial score (nSPS) is 11.9. The lowest BCUT2D eigenvalue weighted by Gasteiger charge is -2.06. The molecule has 0 bridgehead atoms. The molecule has 2 heterocycles. The lowest BCUT2D eigenvalue weighted by atomic mass is 10.2. The van der Waals surface area contributed by atoms with Gasteiger partial charge in [-0.3, -0.25) is 9.82 Å². The summed E-state index contributed by atoms with van der Waals surface area (Å²) >= 11 is 6.67. The molecule has 3 aromatic rings. The molecule has 0 aliphatic carbocycles. The molecule has 0 radical (unpaired) electrons. The van der Waals surface area contributed by atoms with Gasteiger partial charge in [0, 0.05) is 11.1 Å². The van der Waals surface area contributed by atoms with Gasteiger partial charge in [-0.15, -0.1) is 0 Å². The molecule has 1 aromatic carbocycles. The van der Waals surface area contributed by atoms with Gasteiger partial charge in [0.15, 0.2) is 8.68 Å². The molecule has 0 aliphatic heterocycles. The molecule has 9 heteroatoms. The molecule has 6 nitrogen and oxygen atoms in total. The van der Waals surface area contributed by atoms with Crippen LogP contribution in [0.25, 0.3) is 10.9 Å². The van der Waals surface area contributed by atoms with Crippen LogP contribution in [-0.4, -0.2) is 23.6 Å². The number of aromatic amines is 1. The van der Waals surface area contributed by atoms with E-state index in [2.05, 4.69) is 19.9 Å². The maximum absolute atomic E-state index is 12.3. The largest absolute Gasteiger partial charge is 0.279 e. The molecular weight excluding hydrogens is 320 g/mol. The minimum atomic E-state index is -3.68. The van der Waals surface area contributed by atoms with Gasteiger partial charge in [-0.05, 0) is 25.1 Å². The van der Waals surface area contributed by atoms with Crippen molar-refractivity contribution in [2.45, 2.75) is 11.1 Å². The number of benzene rings is 1. The summed E-state index contributed by atoms with van der Waals surface area (Å²) in [5, 5.41) is 7.51. The number of fused-ring (bicyclic) bond motifs is 1. The first kappa shape index (κ1) is 13.3. The first-order valence-corrected chi connectivity index (χ1v) is 8.22. The predicted molar refractivity (Wildman–Crippen MR) is 78.8 cm³/mol. The lowest BCUT2D eigenvalue weighted by Crippen LogP contribution is -2.12. The van der Waals surface area contributed by atoms with Crippen LogP contribution in [0.2, 0.25) is 4.47 Å². The first-order valence-electron chi connectivity index (χ1n) is 5.54. The molecule has 3 rings (SSSR count). The Hall–Kier alpha value is -1.64. The third-order valence-electron chi connectivity index (χ3n) is 2.66. The Labute approximate surface area is 123 Å². The number of sulfonamides is 1.